The minimum atomic E-state index is -0.185. The first-order valence-corrected chi connectivity index (χ1v) is 7.55. The zero-order valence-electron chi connectivity index (χ0n) is 11.3. The van der Waals surface area contributed by atoms with E-state index in [9.17, 15) is 4.79 Å². The first kappa shape index (κ1) is 15.1. The van der Waals surface area contributed by atoms with Crippen molar-refractivity contribution in [2.24, 2.45) is 0 Å². The lowest BCUT2D eigenvalue weighted by Gasteiger charge is -2.14. The molecular formula is C16H15BrClNO. The predicted octanol–water partition coefficient (Wildman–Crippen LogP) is 5.23. The van der Waals surface area contributed by atoms with Gasteiger partial charge in [0.25, 0.3) is 5.91 Å². The van der Waals surface area contributed by atoms with Crippen molar-refractivity contribution in [3.8, 4) is 0 Å². The maximum Gasteiger partial charge on any atom is 0.257 e. The summed E-state index contributed by atoms with van der Waals surface area (Å²) in [5.41, 5.74) is 3.47. The second-order valence-corrected chi connectivity index (χ2v) is 5.87. The molecule has 0 aliphatic carbocycles. The van der Waals surface area contributed by atoms with E-state index in [1.165, 1.54) is 0 Å². The molecule has 0 bridgehead atoms. The van der Waals surface area contributed by atoms with E-state index in [4.69, 9.17) is 11.6 Å². The van der Waals surface area contributed by atoms with Crippen molar-refractivity contribution in [1.82, 2.24) is 0 Å². The van der Waals surface area contributed by atoms with E-state index in [2.05, 4.69) is 28.2 Å². The first-order valence-electron chi connectivity index (χ1n) is 6.37. The van der Waals surface area contributed by atoms with Crippen molar-refractivity contribution in [3.63, 3.8) is 0 Å². The first-order chi connectivity index (χ1) is 9.52. The highest BCUT2D eigenvalue weighted by molar-refractivity contribution is 9.10. The number of carbonyl (C=O) groups excluding carboxylic acids is 1. The van der Waals surface area contributed by atoms with Crippen LogP contribution in [0.4, 0.5) is 5.69 Å². The summed E-state index contributed by atoms with van der Waals surface area (Å²) in [6, 6.07) is 11.1. The molecule has 2 nitrogen and oxygen atoms in total. The highest BCUT2D eigenvalue weighted by Gasteiger charge is 2.13. The third kappa shape index (κ3) is 3.22. The Labute approximate surface area is 132 Å². The number of aryl methyl sites for hydroxylation is 2. The Hall–Kier alpha value is -1.32. The molecule has 1 amide bonds. The molecule has 104 valence electrons. The largest absolute Gasteiger partial charge is 0.321 e. The van der Waals surface area contributed by atoms with Gasteiger partial charge in [0.05, 0.1) is 10.6 Å². The van der Waals surface area contributed by atoms with E-state index in [0.717, 1.165) is 27.7 Å². The van der Waals surface area contributed by atoms with Crippen molar-refractivity contribution in [1.29, 1.82) is 0 Å². The number of benzene rings is 2. The molecule has 0 unspecified atom stereocenters. The van der Waals surface area contributed by atoms with Gasteiger partial charge in [-0.1, -0.05) is 46.6 Å². The highest BCUT2D eigenvalue weighted by atomic mass is 79.9. The molecule has 2 aromatic rings. The lowest BCUT2D eigenvalue weighted by atomic mass is 10.1. The van der Waals surface area contributed by atoms with Gasteiger partial charge in [0.15, 0.2) is 0 Å². The van der Waals surface area contributed by atoms with Gasteiger partial charge >= 0.3 is 0 Å². The van der Waals surface area contributed by atoms with Crippen molar-refractivity contribution in [2.75, 3.05) is 5.32 Å². The van der Waals surface area contributed by atoms with Crippen LogP contribution in [0.25, 0.3) is 0 Å². The summed E-state index contributed by atoms with van der Waals surface area (Å²) in [4.78, 5) is 12.3. The zero-order valence-corrected chi connectivity index (χ0v) is 13.7. The SMILES string of the molecule is CCc1cc(Br)cc(C)c1NC(=O)c1ccccc1Cl. The smallest absolute Gasteiger partial charge is 0.257 e. The maximum atomic E-state index is 12.3. The molecule has 4 heteroatoms. The Morgan fingerprint density at radius 3 is 2.65 bits per heavy atom. The fourth-order valence-corrected chi connectivity index (χ4v) is 2.94. The summed E-state index contributed by atoms with van der Waals surface area (Å²) in [7, 11) is 0. The van der Waals surface area contributed by atoms with Gasteiger partial charge < -0.3 is 5.32 Å². The summed E-state index contributed by atoms with van der Waals surface area (Å²) in [5, 5.41) is 3.43. The fourth-order valence-electron chi connectivity index (χ4n) is 2.10. The highest BCUT2D eigenvalue weighted by Crippen LogP contribution is 2.27. The van der Waals surface area contributed by atoms with Crippen molar-refractivity contribution in [3.05, 3.63) is 62.6 Å². The van der Waals surface area contributed by atoms with Crippen LogP contribution >= 0.6 is 27.5 Å². The van der Waals surface area contributed by atoms with Gasteiger partial charge in [-0.15, -0.1) is 0 Å². The number of rotatable bonds is 3. The normalized spacial score (nSPS) is 10.4. The molecular weight excluding hydrogens is 338 g/mol. The quantitative estimate of drug-likeness (QED) is 0.805. The van der Waals surface area contributed by atoms with Gasteiger partial charge in [0.1, 0.15) is 0 Å². The minimum Gasteiger partial charge on any atom is -0.321 e. The van der Waals surface area contributed by atoms with E-state index in [0.29, 0.717) is 10.6 Å². The topological polar surface area (TPSA) is 29.1 Å². The van der Waals surface area contributed by atoms with Crippen LogP contribution in [0.1, 0.15) is 28.4 Å². The van der Waals surface area contributed by atoms with Crippen LogP contribution < -0.4 is 5.32 Å². The summed E-state index contributed by atoms with van der Waals surface area (Å²) in [6.07, 6.45) is 0.846. The van der Waals surface area contributed by atoms with Crippen LogP contribution in [0, 0.1) is 6.92 Å². The standard InChI is InChI=1S/C16H15BrClNO/c1-3-11-9-12(17)8-10(2)15(11)19-16(20)13-6-4-5-7-14(13)18/h4-9H,3H2,1-2H3,(H,19,20). The molecule has 2 rings (SSSR count). The molecule has 0 saturated carbocycles. The lowest BCUT2D eigenvalue weighted by Crippen LogP contribution is -2.14. The molecule has 0 aromatic heterocycles. The molecule has 2 aromatic carbocycles. The predicted molar refractivity (Wildman–Crippen MR) is 87.7 cm³/mol. The van der Waals surface area contributed by atoms with Crippen LogP contribution in [0.15, 0.2) is 40.9 Å². The molecule has 0 aliphatic rings. The molecule has 0 atom stereocenters. The second-order valence-electron chi connectivity index (χ2n) is 4.54. The number of hydrogen-bond acceptors (Lipinski definition) is 1. The Morgan fingerprint density at radius 2 is 2.00 bits per heavy atom. The molecule has 0 spiro atoms. The summed E-state index contributed by atoms with van der Waals surface area (Å²) >= 11 is 9.53. The van der Waals surface area contributed by atoms with Crippen LogP contribution in [0.2, 0.25) is 5.02 Å². The maximum absolute atomic E-state index is 12.3. The van der Waals surface area contributed by atoms with Gasteiger partial charge in [-0.2, -0.15) is 0 Å². The summed E-state index contributed by atoms with van der Waals surface area (Å²) in [6.45, 7) is 4.04. The van der Waals surface area contributed by atoms with E-state index in [1.54, 1.807) is 18.2 Å². The zero-order chi connectivity index (χ0) is 14.7. The van der Waals surface area contributed by atoms with Crippen molar-refractivity contribution < 1.29 is 4.79 Å². The van der Waals surface area contributed by atoms with Gasteiger partial charge in [0, 0.05) is 10.2 Å². The number of nitrogens with one attached hydrogen (secondary N) is 1. The van der Waals surface area contributed by atoms with E-state index in [-0.39, 0.29) is 5.91 Å². The van der Waals surface area contributed by atoms with Crippen LogP contribution in [-0.4, -0.2) is 5.91 Å². The lowest BCUT2D eigenvalue weighted by molar-refractivity contribution is 0.102. The molecule has 0 heterocycles. The van der Waals surface area contributed by atoms with Crippen LogP contribution in [-0.2, 0) is 6.42 Å². The molecule has 0 radical (unpaired) electrons. The van der Waals surface area contributed by atoms with Crippen molar-refractivity contribution >= 4 is 39.1 Å². The minimum absolute atomic E-state index is 0.185. The van der Waals surface area contributed by atoms with Gasteiger partial charge in [-0.25, -0.2) is 0 Å². The number of carbonyl (C=O) groups is 1. The van der Waals surface area contributed by atoms with Crippen LogP contribution in [0.5, 0.6) is 0 Å². The Kier molecular flexibility index (Phi) is 4.84. The third-order valence-corrected chi connectivity index (χ3v) is 3.91. The average Bonchev–Trinajstić information content (AvgIpc) is 2.41. The van der Waals surface area contributed by atoms with Crippen molar-refractivity contribution in [2.45, 2.75) is 20.3 Å². The monoisotopic (exact) mass is 351 g/mol. The van der Waals surface area contributed by atoms with E-state index < -0.39 is 0 Å². The van der Waals surface area contributed by atoms with Gasteiger partial charge in [-0.3, -0.25) is 4.79 Å². The van der Waals surface area contributed by atoms with Gasteiger partial charge in [0.2, 0.25) is 0 Å². The Morgan fingerprint density at radius 1 is 1.30 bits per heavy atom. The third-order valence-electron chi connectivity index (χ3n) is 3.12. The number of halogens is 2. The number of anilines is 1. The fraction of sp³-hybridized carbons (Fsp3) is 0.188. The van der Waals surface area contributed by atoms with Crippen LogP contribution in [0.3, 0.4) is 0 Å². The molecule has 1 N–H and O–H groups in total. The molecule has 20 heavy (non-hydrogen) atoms. The van der Waals surface area contributed by atoms with E-state index in [1.807, 2.05) is 25.1 Å². The average molecular weight is 353 g/mol. The number of hydrogen-bond donors (Lipinski definition) is 1. The van der Waals surface area contributed by atoms with E-state index >= 15 is 0 Å². The Bertz CT molecular complexity index is 655. The molecule has 0 aliphatic heterocycles. The Balaban J connectivity index is 2.35. The second kappa shape index (κ2) is 6.42. The molecule has 0 saturated heterocycles. The van der Waals surface area contributed by atoms with Gasteiger partial charge in [-0.05, 0) is 48.7 Å². The molecule has 0 fully saturated rings. The summed E-state index contributed by atoms with van der Waals surface area (Å²) in [5.74, 6) is -0.185. The summed E-state index contributed by atoms with van der Waals surface area (Å²) < 4.78 is 1.02. The number of amides is 1.